The van der Waals surface area contributed by atoms with Crippen LogP contribution in [0.2, 0.25) is 0 Å². The lowest BCUT2D eigenvalue weighted by molar-refractivity contribution is -0.143. The minimum absolute atomic E-state index is 0.103. The van der Waals surface area contributed by atoms with Crippen LogP contribution in [0, 0.1) is 0 Å². The van der Waals surface area contributed by atoms with Crippen LogP contribution in [0.25, 0.3) is 11.0 Å². The molecule has 0 aliphatic heterocycles. The summed E-state index contributed by atoms with van der Waals surface area (Å²) in [6.07, 6.45) is 1.71. The van der Waals surface area contributed by atoms with E-state index in [0.29, 0.717) is 28.8 Å². The Hall–Kier alpha value is -3.09. The number of ether oxygens (including phenoxy) is 1. The Labute approximate surface area is 184 Å². The van der Waals surface area contributed by atoms with Crippen LogP contribution < -0.4 is 10.3 Å². The summed E-state index contributed by atoms with van der Waals surface area (Å²) in [5, 5.41) is 13.7. The fourth-order valence-corrected chi connectivity index (χ4v) is 4.60. The standard InChI is InChI=1S/C20H25N5O6S/c1-4-6-14-17-18(25(2)23-14)19(27)22-16(21-17)10-12-7-5-8-13(9-12)32(29,30)24-15(11-26)20(28)31-3/h5,7-9,15,24,26H,4,6,10-11H2,1-3H3,(H,21,22,27)/t15-/m0/s1. The number of hydrogen-bond acceptors (Lipinski definition) is 8. The molecule has 0 amide bonds. The van der Waals surface area contributed by atoms with Gasteiger partial charge in [-0.15, -0.1) is 0 Å². The average Bonchev–Trinajstić information content (AvgIpc) is 3.07. The van der Waals surface area contributed by atoms with Gasteiger partial charge in [0.15, 0.2) is 5.52 Å². The molecule has 2 aromatic heterocycles. The Morgan fingerprint density at radius 1 is 1.38 bits per heavy atom. The number of carbonyl (C=O) groups excluding carboxylic acids is 1. The minimum atomic E-state index is -4.11. The molecule has 0 bridgehead atoms. The van der Waals surface area contributed by atoms with Crippen LogP contribution in [0.1, 0.15) is 30.4 Å². The number of H-pyrrole nitrogens is 1. The zero-order valence-electron chi connectivity index (χ0n) is 18.0. The number of sulfonamides is 1. The highest BCUT2D eigenvalue weighted by atomic mass is 32.2. The van der Waals surface area contributed by atoms with Crippen molar-refractivity contribution in [3.8, 4) is 0 Å². The maximum absolute atomic E-state index is 12.7. The summed E-state index contributed by atoms with van der Waals surface area (Å²) in [6.45, 7) is 1.26. The summed E-state index contributed by atoms with van der Waals surface area (Å²) in [5.74, 6) is -0.528. The van der Waals surface area contributed by atoms with E-state index in [1.165, 1.54) is 16.8 Å². The first-order chi connectivity index (χ1) is 15.2. The molecule has 32 heavy (non-hydrogen) atoms. The first-order valence-electron chi connectivity index (χ1n) is 9.94. The molecule has 2 heterocycles. The SMILES string of the molecule is CCCc1nn(C)c2c(=O)[nH]c(Cc3cccc(S(=O)(=O)N[C@@H](CO)C(=O)OC)c3)nc12. The van der Waals surface area contributed by atoms with Crippen molar-refractivity contribution in [1.29, 1.82) is 0 Å². The van der Waals surface area contributed by atoms with Crippen LogP contribution in [0.15, 0.2) is 34.0 Å². The summed E-state index contributed by atoms with van der Waals surface area (Å²) >= 11 is 0. The number of nitrogens with one attached hydrogen (secondary N) is 2. The molecule has 0 aliphatic carbocycles. The highest BCUT2D eigenvalue weighted by Crippen LogP contribution is 2.17. The predicted molar refractivity (Wildman–Crippen MR) is 116 cm³/mol. The molecule has 0 spiro atoms. The lowest BCUT2D eigenvalue weighted by Crippen LogP contribution is -2.43. The molecule has 1 aromatic carbocycles. The van der Waals surface area contributed by atoms with Crippen LogP contribution in [-0.4, -0.2) is 59.0 Å². The molecule has 3 N–H and O–H groups in total. The Bertz CT molecular complexity index is 1300. The van der Waals surface area contributed by atoms with E-state index in [0.717, 1.165) is 19.2 Å². The van der Waals surface area contributed by atoms with E-state index in [1.54, 1.807) is 19.2 Å². The van der Waals surface area contributed by atoms with Crippen LogP contribution >= 0.6 is 0 Å². The molecule has 172 valence electrons. The van der Waals surface area contributed by atoms with Gasteiger partial charge in [-0.25, -0.2) is 13.4 Å². The Morgan fingerprint density at radius 3 is 2.78 bits per heavy atom. The number of aromatic nitrogens is 4. The van der Waals surface area contributed by atoms with E-state index in [-0.39, 0.29) is 16.9 Å². The summed E-state index contributed by atoms with van der Waals surface area (Å²) in [5.41, 5.74) is 1.90. The van der Waals surface area contributed by atoms with Crippen LogP contribution in [0.5, 0.6) is 0 Å². The van der Waals surface area contributed by atoms with Gasteiger partial charge in [-0.2, -0.15) is 9.82 Å². The van der Waals surface area contributed by atoms with Crippen LogP contribution in [-0.2, 0) is 39.4 Å². The lowest BCUT2D eigenvalue weighted by Gasteiger charge is -2.14. The van der Waals surface area contributed by atoms with Gasteiger partial charge in [-0.3, -0.25) is 14.3 Å². The van der Waals surface area contributed by atoms with Gasteiger partial charge in [0.1, 0.15) is 17.4 Å². The molecule has 0 radical (unpaired) electrons. The second kappa shape index (κ2) is 9.59. The van der Waals surface area contributed by atoms with Crippen LogP contribution in [0.4, 0.5) is 0 Å². The molecule has 3 rings (SSSR count). The number of methoxy groups -OCH3 is 1. The van der Waals surface area contributed by atoms with E-state index >= 15 is 0 Å². The van der Waals surface area contributed by atoms with Gasteiger partial charge in [-0.1, -0.05) is 25.5 Å². The second-order valence-corrected chi connectivity index (χ2v) is 8.95. The molecular formula is C20H25N5O6S. The highest BCUT2D eigenvalue weighted by molar-refractivity contribution is 7.89. The third kappa shape index (κ3) is 4.87. The molecule has 0 unspecified atom stereocenters. The molecule has 0 saturated carbocycles. The van der Waals surface area contributed by atoms with Gasteiger partial charge in [0, 0.05) is 13.5 Å². The maximum Gasteiger partial charge on any atom is 0.326 e. The van der Waals surface area contributed by atoms with Gasteiger partial charge in [0.25, 0.3) is 5.56 Å². The number of aromatic amines is 1. The number of benzene rings is 1. The van der Waals surface area contributed by atoms with Gasteiger partial charge >= 0.3 is 5.97 Å². The third-order valence-electron chi connectivity index (χ3n) is 4.84. The number of esters is 1. The van der Waals surface area contributed by atoms with Crippen molar-refractivity contribution in [1.82, 2.24) is 24.5 Å². The van der Waals surface area contributed by atoms with E-state index in [2.05, 4.69) is 24.5 Å². The topological polar surface area (TPSA) is 156 Å². The van der Waals surface area contributed by atoms with E-state index < -0.39 is 28.6 Å². The number of hydrogen-bond donors (Lipinski definition) is 3. The fourth-order valence-electron chi connectivity index (χ4n) is 3.36. The lowest BCUT2D eigenvalue weighted by atomic mass is 10.1. The first kappa shape index (κ1) is 23.6. The average molecular weight is 464 g/mol. The predicted octanol–water partition coefficient (Wildman–Crippen LogP) is 0.0121. The van der Waals surface area contributed by atoms with Crippen LogP contribution in [0.3, 0.4) is 0 Å². The molecule has 11 nitrogen and oxygen atoms in total. The van der Waals surface area contributed by atoms with Crippen molar-refractivity contribution in [2.45, 2.75) is 37.1 Å². The number of aliphatic hydroxyl groups excluding tert-OH is 1. The highest BCUT2D eigenvalue weighted by Gasteiger charge is 2.26. The second-order valence-electron chi connectivity index (χ2n) is 7.23. The molecule has 0 aliphatic rings. The molecule has 3 aromatic rings. The van der Waals surface area contributed by atoms with Crippen molar-refractivity contribution in [2.24, 2.45) is 7.05 Å². The quantitative estimate of drug-likeness (QED) is 0.375. The zero-order valence-corrected chi connectivity index (χ0v) is 18.8. The van der Waals surface area contributed by atoms with E-state index in [1.807, 2.05) is 6.92 Å². The van der Waals surface area contributed by atoms with Crippen molar-refractivity contribution in [3.05, 3.63) is 51.7 Å². The number of carbonyl (C=O) groups is 1. The molecular weight excluding hydrogens is 438 g/mol. The summed E-state index contributed by atoms with van der Waals surface area (Å²) in [4.78, 5) is 31.4. The molecule has 12 heteroatoms. The van der Waals surface area contributed by atoms with Gasteiger partial charge < -0.3 is 14.8 Å². The summed E-state index contributed by atoms with van der Waals surface area (Å²) in [7, 11) is -1.33. The number of fused-ring (bicyclic) bond motifs is 1. The van der Waals surface area contributed by atoms with Gasteiger partial charge in [0.05, 0.1) is 24.3 Å². The van der Waals surface area contributed by atoms with Crippen molar-refractivity contribution < 1.29 is 23.1 Å². The van der Waals surface area contributed by atoms with Gasteiger partial charge in [0.2, 0.25) is 10.0 Å². The van der Waals surface area contributed by atoms with Crippen molar-refractivity contribution >= 4 is 27.0 Å². The van der Waals surface area contributed by atoms with E-state index in [9.17, 15) is 23.1 Å². The van der Waals surface area contributed by atoms with Crippen molar-refractivity contribution in [3.63, 3.8) is 0 Å². The van der Waals surface area contributed by atoms with Crippen molar-refractivity contribution in [2.75, 3.05) is 13.7 Å². The Morgan fingerprint density at radius 2 is 2.12 bits per heavy atom. The normalized spacial score (nSPS) is 12.8. The number of rotatable bonds is 9. The Kier molecular flexibility index (Phi) is 7.06. The van der Waals surface area contributed by atoms with Gasteiger partial charge in [-0.05, 0) is 24.1 Å². The smallest absolute Gasteiger partial charge is 0.326 e. The molecule has 0 saturated heterocycles. The Balaban J connectivity index is 1.92. The minimum Gasteiger partial charge on any atom is -0.468 e. The third-order valence-corrected chi connectivity index (χ3v) is 6.31. The number of aryl methyl sites for hydroxylation is 2. The maximum atomic E-state index is 12.7. The summed E-state index contributed by atoms with van der Waals surface area (Å²) < 4.78 is 33.4. The fraction of sp³-hybridized carbons (Fsp3) is 0.400. The van der Waals surface area contributed by atoms with E-state index in [4.69, 9.17) is 0 Å². The molecule has 0 fully saturated rings. The molecule has 1 atom stereocenters. The monoisotopic (exact) mass is 463 g/mol. The largest absolute Gasteiger partial charge is 0.468 e. The first-order valence-corrected chi connectivity index (χ1v) is 11.4. The number of aliphatic hydroxyl groups is 1. The zero-order chi connectivity index (χ0) is 23.5. The number of nitrogens with zero attached hydrogens (tertiary/aromatic N) is 3. The summed E-state index contributed by atoms with van der Waals surface area (Å²) in [6, 6.07) is 4.59.